The number of benzene rings is 2. The molecule has 0 radical (unpaired) electrons. The van der Waals surface area contributed by atoms with E-state index in [1.165, 1.54) is 29.7 Å². The first-order valence-electron chi connectivity index (χ1n) is 9.37. The molecule has 0 bridgehead atoms. The Labute approximate surface area is 174 Å². The lowest BCUT2D eigenvalue weighted by molar-refractivity contribution is -0.135. The number of aliphatic hydroxyl groups excluding tert-OH is 1. The van der Waals surface area contributed by atoms with Crippen molar-refractivity contribution in [3.05, 3.63) is 53.6 Å². The molecule has 2 aromatic carbocycles. The van der Waals surface area contributed by atoms with E-state index in [0.29, 0.717) is 5.75 Å². The van der Waals surface area contributed by atoms with Gasteiger partial charge in [0.2, 0.25) is 10.0 Å². The molecule has 2 atom stereocenters. The van der Waals surface area contributed by atoms with Crippen molar-refractivity contribution in [3.63, 3.8) is 0 Å². The molecule has 3 rings (SSSR count). The van der Waals surface area contributed by atoms with E-state index >= 15 is 0 Å². The minimum absolute atomic E-state index is 0.0618. The smallest absolute Gasteiger partial charge is 0.261 e. The van der Waals surface area contributed by atoms with Crippen LogP contribution in [-0.2, 0) is 21.4 Å². The molecule has 1 fully saturated rings. The van der Waals surface area contributed by atoms with Gasteiger partial charge in [0.15, 0.2) is 0 Å². The Bertz CT molecular complexity index is 1010. The van der Waals surface area contributed by atoms with Gasteiger partial charge in [0.1, 0.15) is 24.1 Å². The van der Waals surface area contributed by atoms with Crippen LogP contribution in [0.5, 0.6) is 11.5 Å². The number of carbonyl (C=O) groups is 1. The summed E-state index contributed by atoms with van der Waals surface area (Å²) in [4.78, 5) is 11.8. The zero-order valence-corrected chi connectivity index (χ0v) is 17.2. The number of hydroxylamine groups is 1. The zero-order valence-electron chi connectivity index (χ0n) is 16.4. The van der Waals surface area contributed by atoms with Crippen LogP contribution in [0.25, 0.3) is 0 Å². The summed E-state index contributed by atoms with van der Waals surface area (Å²) in [5, 5.41) is 28.4. The Kier molecular flexibility index (Phi) is 6.61. The summed E-state index contributed by atoms with van der Waals surface area (Å²) in [5.74, 6) is -0.280. The Hall–Kier alpha value is -2.66. The number of nitrogens with zero attached hydrogens (tertiary/aromatic N) is 1. The monoisotopic (exact) mass is 436 g/mol. The number of sulfonamides is 1. The lowest BCUT2D eigenvalue weighted by Gasteiger charge is -2.35. The first-order chi connectivity index (χ1) is 14.2. The molecule has 2 aromatic rings. The van der Waals surface area contributed by atoms with Gasteiger partial charge in [-0.2, -0.15) is 4.31 Å². The number of piperidine rings is 1. The number of phenols is 1. The molecule has 0 aliphatic carbocycles. The average molecular weight is 436 g/mol. The van der Waals surface area contributed by atoms with Crippen molar-refractivity contribution in [1.82, 2.24) is 9.79 Å². The largest absolute Gasteiger partial charge is 0.508 e. The van der Waals surface area contributed by atoms with Crippen LogP contribution < -0.4 is 10.2 Å². The van der Waals surface area contributed by atoms with E-state index in [-0.39, 0.29) is 36.6 Å². The van der Waals surface area contributed by atoms with E-state index in [9.17, 15) is 23.4 Å². The van der Waals surface area contributed by atoms with Crippen LogP contribution in [0, 0.1) is 6.92 Å². The molecule has 0 aromatic heterocycles. The van der Waals surface area contributed by atoms with Crippen LogP contribution in [0.15, 0.2) is 47.4 Å². The van der Waals surface area contributed by atoms with E-state index in [4.69, 9.17) is 9.94 Å². The second kappa shape index (κ2) is 9.00. The minimum Gasteiger partial charge on any atom is -0.508 e. The lowest BCUT2D eigenvalue weighted by Crippen LogP contribution is -2.54. The van der Waals surface area contributed by atoms with Crippen molar-refractivity contribution in [2.45, 2.75) is 43.4 Å². The first-order valence-corrected chi connectivity index (χ1v) is 10.8. The molecule has 0 saturated carbocycles. The van der Waals surface area contributed by atoms with Crippen molar-refractivity contribution in [2.75, 3.05) is 6.54 Å². The topological polar surface area (TPSA) is 136 Å². The van der Waals surface area contributed by atoms with Gasteiger partial charge in [-0.3, -0.25) is 10.0 Å². The quantitative estimate of drug-likeness (QED) is 0.396. The molecule has 1 heterocycles. The number of hydrogen-bond donors (Lipinski definition) is 4. The fraction of sp³-hybridized carbons (Fsp3) is 0.350. The van der Waals surface area contributed by atoms with E-state index in [2.05, 4.69) is 0 Å². The SMILES string of the molecule is Cc1ccc(O)cc1COc1ccc(S(=O)(=O)N2C[C@H](O)CC[C@@H]2C(=O)NO)cc1. The van der Waals surface area contributed by atoms with Crippen LogP contribution in [0.1, 0.15) is 24.0 Å². The number of phenolic OH excluding ortho intramolecular Hbond substituents is 1. The molecule has 9 nitrogen and oxygen atoms in total. The lowest BCUT2D eigenvalue weighted by atomic mass is 10.0. The molecule has 4 N–H and O–H groups in total. The molecule has 1 aliphatic rings. The minimum atomic E-state index is -4.08. The fourth-order valence-electron chi connectivity index (χ4n) is 3.34. The highest BCUT2D eigenvalue weighted by atomic mass is 32.2. The number of nitrogens with one attached hydrogen (secondary N) is 1. The summed E-state index contributed by atoms with van der Waals surface area (Å²) in [7, 11) is -4.08. The van der Waals surface area contributed by atoms with Crippen LogP contribution >= 0.6 is 0 Å². The van der Waals surface area contributed by atoms with Gasteiger partial charge >= 0.3 is 0 Å². The summed E-state index contributed by atoms with van der Waals surface area (Å²) >= 11 is 0. The Balaban J connectivity index is 1.76. The normalized spacial score (nSPS) is 20.0. The molecule has 30 heavy (non-hydrogen) atoms. The van der Waals surface area contributed by atoms with E-state index < -0.39 is 28.1 Å². The van der Waals surface area contributed by atoms with Crippen LogP contribution in [0.2, 0.25) is 0 Å². The van der Waals surface area contributed by atoms with Crippen LogP contribution in [-0.4, -0.2) is 52.7 Å². The number of aromatic hydroxyl groups is 1. The van der Waals surface area contributed by atoms with Crippen molar-refractivity contribution in [1.29, 1.82) is 0 Å². The van der Waals surface area contributed by atoms with Crippen molar-refractivity contribution in [2.24, 2.45) is 0 Å². The maximum atomic E-state index is 13.0. The van der Waals surface area contributed by atoms with Gasteiger partial charge in [-0.05, 0) is 67.3 Å². The van der Waals surface area contributed by atoms with E-state index in [0.717, 1.165) is 15.4 Å². The molecule has 162 valence electrons. The molecular weight excluding hydrogens is 412 g/mol. The molecule has 0 unspecified atom stereocenters. The second-order valence-electron chi connectivity index (χ2n) is 7.17. The van der Waals surface area contributed by atoms with Crippen molar-refractivity contribution < 1.29 is 33.4 Å². The maximum Gasteiger partial charge on any atom is 0.261 e. The maximum absolute atomic E-state index is 13.0. The van der Waals surface area contributed by atoms with Crippen LogP contribution in [0.3, 0.4) is 0 Å². The van der Waals surface area contributed by atoms with E-state index in [1.54, 1.807) is 18.2 Å². The number of aliphatic hydroxyl groups is 1. The molecular formula is C20H24N2O7S. The number of amides is 1. The number of rotatable bonds is 6. The number of β-amino-alcohol motifs (C(OH)–C–C–N with tert-alkyl or cyclic N) is 1. The van der Waals surface area contributed by atoms with Gasteiger partial charge < -0.3 is 14.9 Å². The Morgan fingerprint density at radius 2 is 1.90 bits per heavy atom. The van der Waals surface area contributed by atoms with Crippen molar-refractivity contribution in [3.8, 4) is 11.5 Å². The number of aryl methyl sites for hydroxylation is 1. The highest BCUT2D eigenvalue weighted by Gasteiger charge is 2.40. The summed E-state index contributed by atoms with van der Waals surface area (Å²) < 4.78 is 32.6. The van der Waals surface area contributed by atoms with Gasteiger partial charge in [0.25, 0.3) is 5.91 Å². The highest BCUT2D eigenvalue weighted by molar-refractivity contribution is 7.89. The van der Waals surface area contributed by atoms with Gasteiger partial charge in [-0.15, -0.1) is 0 Å². The number of hydrogen-bond acceptors (Lipinski definition) is 7. The fourth-order valence-corrected chi connectivity index (χ4v) is 5.00. The third kappa shape index (κ3) is 4.73. The zero-order chi connectivity index (χ0) is 21.9. The van der Waals surface area contributed by atoms with Crippen LogP contribution in [0.4, 0.5) is 0 Å². The third-order valence-electron chi connectivity index (χ3n) is 5.08. The molecule has 1 amide bonds. The summed E-state index contributed by atoms with van der Waals surface area (Å²) in [6.07, 6.45) is -0.543. The Morgan fingerprint density at radius 3 is 2.57 bits per heavy atom. The molecule has 1 aliphatic heterocycles. The predicted octanol–water partition coefficient (Wildman–Crippen LogP) is 1.30. The highest BCUT2D eigenvalue weighted by Crippen LogP contribution is 2.27. The molecule has 10 heteroatoms. The average Bonchev–Trinajstić information content (AvgIpc) is 2.74. The van der Waals surface area contributed by atoms with Crippen molar-refractivity contribution >= 4 is 15.9 Å². The summed E-state index contributed by atoms with van der Waals surface area (Å²) in [6.45, 7) is 1.85. The summed E-state index contributed by atoms with van der Waals surface area (Å²) in [6, 6.07) is 9.55. The molecule has 1 saturated heterocycles. The van der Waals surface area contributed by atoms with E-state index in [1.807, 2.05) is 6.92 Å². The third-order valence-corrected chi connectivity index (χ3v) is 6.97. The number of ether oxygens (including phenoxy) is 1. The van der Waals surface area contributed by atoms with Gasteiger partial charge in [-0.1, -0.05) is 6.07 Å². The first kappa shape index (κ1) is 22.0. The second-order valence-corrected chi connectivity index (χ2v) is 9.06. The van der Waals surface area contributed by atoms with Gasteiger partial charge in [0.05, 0.1) is 11.0 Å². The predicted molar refractivity (Wildman–Crippen MR) is 106 cm³/mol. The van der Waals surface area contributed by atoms with Gasteiger partial charge in [0, 0.05) is 6.54 Å². The standard InChI is InChI=1S/C20H24N2O7S/c1-13-2-3-15(23)10-14(13)12-29-17-5-7-18(8-6-17)30(27,28)22-11-16(24)4-9-19(22)20(25)21-26/h2-3,5-8,10,16,19,23-24,26H,4,9,11-12H2,1H3,(H,21,25)/t16-,19-/m1/s1. The molecule has 0 spiro atoms. The number of carbonyl (C=O) groups excluding carboxylic acids is 1. The Morgan fingerprint density at radius 1 is 1.20 bits per heavy atom. The van der Waals surface area contributed by atoms with Gasteiger partial charge in [-0.25, -0.2) is 13.9 Å². The summed E-state index contributed by atoms with van der Waals surface area (Å²) in [5.41, 5.74) is 3.23.